The predicted octanol–water partition coefficient (Wildman–Crippen LogP) is 4.96. The Labute approximate surface area is 205 Å². The zero-order valence-corrected chi connectivity index (χ0v) is 20.6. The molecule has 34 heavy (non-hydrogen) atoms. The molecule has 4 rings (SSSR count). The van der Waals surface area contributed by atoms with Gasteiger partial charge in [0.05, 0.1) is 4.90 Å². The van der Waals surface area contributed by atoms with Crippen LogP contribution in [0.5, 0.6) is 0 Å². The molecular weight excluding hydrogens is 520 g/mol. The summed E-state index contributed by atoms with van der Waals surface area (Å²) in [6.45, 7) is 2.37. The number of aromatic nitrogens is 2. The number of carbonyl (C=O) groups is 1. The molecule has 4 aromatic rings. The quantitative estimate of drug-likeness (QED) is 0.338. The number of hydrogen-bond donors (Lipinski definition) is 1. The summed E-state index contributed by atoms with van der Waals surface area (Å²) >= 11 is 3.38. The highest BCUT2D eigenvalue weighted by Crippen LogP contribution is 2.24. The van der Waals surface area contributed by atoms with Crippen molar-refractivity contribution < 1.29 is 17.6 Å². The number of benzene rings is 3. The highest BCUT2D eigenvalue weighted by atomic mass is 79.9. The van der Waals surface area contributed by atoms with Gasteiger partial charge in [-0.15, -0.1) is 5.10 Å². The monoisotopic (exact) mass is 540 g/mol. The van der Waals surface area contributed by atoms with Gasteiger partial charge in [0.1, 0.15) is 0 Å². The normalized spacial score (nSPS) is 11.5. The van der Waals surface area contributed by atoms with Crippen LogP contribution in [0.3, 0.4) is 0 Å². The zero-order chi connectivity index (χ0) is 24.1. The Bertz CT molecular complexity index is 1390. The Morgan fingerprint density at radius 1 is 1.00 bits per heavy atom. The van der Waals surface area contributed by atoms with Crippen LogP contribution in [-0.4, -0.2) is 35.4 Å². The number of sulfonamides is 1. The zero-order valence-electron chi connectivity index (χ0n) is 18.2. The number of rotatable bonds is 8. The van der Waals surface area contributed by atoms with E-state index in [9.17, 15) is 13.2 Å². The van der Waals surface area contributed by atoms with Crippen LogP contribution in [-0.2, 0) is 16.6 Å². The summed E-state index contributed by atoms with van der Waals surface area (Å²) in [6.07, 6.45) is 0. The first-order valence-corrected chi connectivity index (χ1v) is 12.6. The van der Waals surface area contributed by atoms with Gasteiger partial charge in [0.15, 0.2) is 0 Å². The Hall–Kier alpha value is -3.34. The van der Waals surface area contributed by atoms with E-state index in [1.807, 2.05) is 48.5 Å². The largest absolute Gasteiger partial charge is 0.403 e. The van der Waals surface area contributed by atoms with Crippen LogP contribution in [0, 0.1) is 0 Å². The van der Waals surface area contributed by atoms with E-state index in [2.05, 4.69) is 31.4 Å². The van der Waals surface area contributed by atoms with Gasteiger partial charge >= 0.3 is 6.01 Å². The minimum Gasteiger partial charge on any atom is -0.403 e. The van der Waals surface area contributed by atoms with E-state index in [1.165, 1.54) is 28.6 Å². The Balaban J connectivity index is 1.46. The van der Waals surface area contributed by atoms with Crippen LogP contribution in [0.25, 0.3) is 11.5 Å². The fourth-order valence-corrected chi connectivity index (χ4v) is 5.10. The third-order valence-electron chi connectivity index (χ3n) is 5.03. The van der Waals surface area contributed by atoms with E-state index < -0.39 is 15.9 Å². The van der Waals surface area contributed by atoms with E-state index in [1.54, 1.807) is 13.0 Å². The second-order valence-electron chi connectivity index (χ2n) is 7.32. The molecule has 0 saturated carbocycles. The van der Waals surface area contributed by atoms with Gasteiger partial charge in [-0.05, 0) is 48.0 Å². The average Bonchev–Trinajstić information content (AvgIpc) is 3.31. The molecule has 1 aromatic heterocycles. The number of nitrogens with one attached hydrogen (secondary N) is 1. The van der Waals surface area contributed by atoms with Crippen molar-refractivity contribution in [2.75, 3.05) is 11.9 Å². The molecule has 0 fully saturated rings. The summed E-state index contributed by atoms with van der Waals surface area (Å²) in [5.74, 6) is -0.235. The fourth-order valence-electron chi connectivity index (χ4n) is 3.26. The van der Waals surface area contributed by atoms with Gasteiger partial charge in [0, 0.05) is 28.7 Å². The van der Waals surface area contributed by atoms with Gasteiger partial charge in [0.2, 0.25) is 15.9 Å². The SMILES string of the molecule is CCN(Cc1ccccc1)S(=O)(=O)c1ccc(C(=O)Nc2nnc(-c3cccc(Br)c3)o2)cc1. The lowest BCUT2D eigenvalue weighted by Crippen LogP contribution is -2.30. The molecule has 10 heteroatoms. The van der Waals surface area contributed by atoms with Crippen LogP contribution in [0.1, 0.15) is 22.8 Å². The molecule has 0 radical (unpaired) electrons. The summed E-state index contributed by atoms with van der Waals surface area (Å²) in [7, 11) is -3.72. The second kappa shape index (κ2) is 10.3. The molecule has 0 atom stereocenters. The van der Waals surface area contributed by atoms with Gasteiger partial charge in [-0.1, -0.05) is 64.4 Å². The topological polar surface area (TPSA) is 105 Å². The van der Waals surface area contributed by atoms with Gasteiger partial charge in [-0.25, -0.2) is 8.42 Å². The predicted molar refractivity (Wildman–Crippen MR) is 132 cm³/mol. The van der Waals surface area contributed by atoms with E-state index in [0.29, 0.717) is 12.1 Å². The van der Waals surface area contributed by atoms with E-state index >= 15 is 0 Å². The Kier molecular flexibility index (Phi) is 7.20. The lowest BCUT2D eigenvalue weighted by atomic mass is 10.2. The van der Waals surface area contributed by atoms with Crippen molar-refractivity contribution in [2.24, 2.45) is 0 Å². The Morgan fingerprint density at radius 2 is 1.74 bits per heavy atom. The average molecular weight is 541 g/mol. The molecule has 1 amide bonds. The Morgan fingerprint density at radius 3 is 2.41 bits per heavy atom. The van der Waals surface area contributed by atoms with Gasteiger partial charge in [-0.3, -0.25) is 10.1 Å². The highest BCUT2D eigenvalue weighted by Gasteiger charge is 2.23. The summed E-state index contributed by atoms with van der Waals surface area (Å²) in [6, 6.07) is 22.4. The van der Waals surface area contributed by atoms with Crippen LogP contribution < -0.4 is 5.32 Å². The third-order valence-corrected chi connectivity index (χ3v) is 7.45. The van der Waals surface area contributed by atoms with Crippen LogP contribution in [0.15, 0.2) is 92.6 Å². The maximum Gasteiger partial charge on any atom is 0.322 e. The number of carbonyl (C=O) groups excluding carboxylic acids is 1. The molecule has 174 valence electrons. The van der Waals surface area contributed by atoms with E-state index in [-0.39, 0.29) is 28.9 Å². The molecule has 0 saturated heterocycles. The van der Waals surface area contributed by atoms with Crippen molar-refractivity contribution in [1.82, 2.24) is 14.5 Å². The third kappa shape index (κ3) is 5.41. The van der Waals surface area contributed by atoms with Gasteiger partial charge in [0.25, 0.3) is 5.91 Å². The molecule has 0 unspecified atom stereocenters. The summed E-state index contributed by atoms with van der Waals surface area (Å²) in [5.41, 5.74) is 1.85. The molecular formula is C24H21BrN4O4S. The fraction of sp³-hybridized carbons (Fsp3) is 0.125. The first-order chi connectivity index (χ1) is 16.4. The van der Waals surface area contributed by atoms with Crippen molar-refractivity contribution in [3.8, 4) is 11.5 Å². The lowest BCUT2D eigenvalue weighted by molar-refractivity contribution is 0.102. The van der Waals surface area contributed by atoms with E-state index in [0.717, 1.165) is 10.0 Å². The van der Waals surface area contributed by atoms with Crippen molar-refractivity contribution in [2.45, 2.75) is 18.4 Å². The number of halogens is 1. The number of nitrogens with zero attached hydrogens (tertiary/aromatic N) is 3. The second-order valence-corrected chi connectivity index (χ2v) is 10.2. The van der Waals surface area contributed by atoms with Crippen molar-refractivity contribution in [3.63, 3.8) is 0 Å². The minimum atomic E-state index is -3.72. The first kappa shape index (κ1) is 23.8. The van der Waals surface area contributed by atoms with Crippen LogP contribution >= 0.6 is 15.9 Å². The molecule has 8 nitrogen and oxygen atoms in total. The van der Waals surface area contributed by atoms with Crippen LogP contribution in [0.4, 0.5) is 6.01 Å². The van der Waals surface area contributed by atoms with Crippen LogP contribution in [0.2, 0.25) is 0 Å². The molecule has 1 heterocycles. The molecule has 3 aromatic carbocycles. The van der Waals surface area contributed by atoms with Gasteiger partial charge < -0.3 is 4.42 Å². The minimum absolute atomic E-state index is 0.0586. The molecule has 0 aliphatic heterocycles. The van der Waals surface area contributed by atoms with Crippen molar-refractivity contribution in [1.29, 1.82) is 0 Å². The van der Waals surface area contributed by atoms with E-state index in [4.69, 9.17) is 4.42 Å². The first-order valence-electron chi connectivity index (χ1n) is 10.4. The summed E-state index contributed by atoms with van der Waals surface area (Å²) in [5, 5.41) is 10.3. The summed E-state index contributed by atoms with van der Waals surface area (Å²) < 4.78 is 33.9. The maximum absolute atomic E-state index is 13.1. The lowest BCUT2D eigenvalue weighted by Gasteiger charge is -2.20. The molecule has 0 aliphatic rings. The molecule has 0 spiro atoms. The maximum atomic E-state index is 13.1. The van der Waals surface area contributed by atoms with Gasteiger partial charge in [-0.2, -0.15) is 4.31 Å². The smallest absolute Gasteiger partial charge is 0.322 e. The molecule has 0 aliphatic carbocycles. The molecule has 1 N–H and O–H groups in total. The molecule has 0 bridgehead atoms. The highest BCUT2D eigenvalue weighted by molar-refractivity contribution is 9.10. The van der Waals surface area contributed by atoms with Crippen molar-refractivity contribution in [3.05, 3.63) is 94.5 Å². The number of hydrogen-bond acceptors (Lipinski definition) is 6. The number of amides is 1. The summed E-state index contributed by atoms with van der Waals surface area (Å²) in [4.78, 5) is 12.7. The number of anilines is 1. The standard InChI is InChI=1S/C24H21BrN4O4S/c1-2-29(16-17-7-4-3-5-8-17)34(31,32)21-13-11-18(12-14-21)22(30)26-24-28-27-23(33-24)19-9-6-10-20(25)15-19/h3-15H,2,16H2,1H3,(H,26,28,30). The van der Waals surface area contributed by atoms with Crippen molar-refractivity contribution >= 4 is 37.9 Å².